The minimum Gasteiger partial charge on any atom is -0.350 e. The number of hydrogen-bond acceptors (Lipinski definition) is 3. The molecule has 0 bridgehead atoms. The lowest BCUT2D eigenvalue weighted by atomic mass is 9.91. The second kappa shape index (κ2) is 5.81. The van der Waals surface area contributed by atoms with Crippen LogP contribution in [0.5, 0.6) is 0 Å². The average molecular weight is 358 g/mol. The number of carbonyl (C=O) groups is 1. The normalized spacial score (nSPS) is 16.9. The quantitative estimate of drug-likeness (QED) is 0.568. The summed E-state index contributed by atoms with van der Waals surface area (Å²) in [5.74, 6) is -0.416. The van der Waals surface area contributed by atoms with E-state index in [-0.39, 0.29) is 23.8 Å². The van der Waals surface area contributed by atoms with Crippen molar-refractivity contribution in [2.45, 2.75) is 18.9 Å². The predicted octanol–water partition coefficient (Wildman–Crippen LogP) is 2.34. The molecule has 1 aliphatic rings. The van der Waals surface area contributed by atoms with E-state index in [4.69, 9.17) is 0 Å². The zero-order valence-electron chi connectivity index (χ0n) is 14.8. The highest BCUT2D eigenvalue weighted by Gasteiger charge is 2.30. The van der Waals surface area contributed by atoms with Crippen LogP contribution in [0, 0.1) is 0 Å². The maximum atomic E-state index is 13.2. The SMILES string of the molecule is Cn1c(=O)c(C2CC(=O)NCc3nc4ccccn4c32)cc2ccccc21. The minimum atomic E-state index is -0.344. The lowest BCUT2D eigenvalue weighted by Gasteiger charge is -2.17. The van der Waals surface area contributed by atoms with Crippen LogP contribution in [-0.4, -0.2) is 19.9 Å². The summed E-state index contributed by atoms with van der Waals surface area (Å²) in [5, 5.41) is 3.89. The number of rotatable bonds is 1. The largest absolute Gasteiger partial charge is 0.350 e. The van der Waals surface area contributed by atoms with Gasteiger partial charge in [-0.3, -0.25) is 9.59 Å². The molecule has 0 saturated heterocycles. The molecule has 1 aromatic carbocycles. The second-order valence-corrected chi connectivity index (χ2v) is 6.93. The number of aromatic nitrogens is 3. The summed E-state index contributed by atoms with van der Waals surface area (Å²) in [4.78, 5) is 30.2. The summed E-state index contributed by atoms with van der Waals surface area (Å²) >= 11 is 0. The number of benzene rings is 1. The Balaban J connectivity index is 1.83. The second-order valence-electron chi connectivity index (χ2n) is 6.93. The van der Waals surface area contributed by atoms with Crippen molar-refractivity contribution in [1.29, 1.82) is 0 Å². The highest BCUT2D eigenvalue weighted by molar-refractivity contribution is 5.81. The first-order valence-corrected chi connectivity index (χ1v) is 8.94. The van der Waals surface area contributed by atoms with Gasteiger partial charge in [0.05, 0.1) is 23.4 Å². The summed E-state index contributed by atoms with van der Waals surface area (Å²) in [6, 6.07) is 15.5. The van der Waals surface area contributed by atoms with E-state index in [9.17, 15) is 9.59 Å². The standard InChI is InChI=1S/C21H18N4O2/c1-24-17-7-3-2-6-13(17)10-15(21(24)27)14-11-19(26)22-12-16-20(14)25-9-5-4-8-18(25)23-16/h2-10,14H,11-12H2,1H3,(H,22,26). The van der Waals surface area contributed by atoms with Crippen LogP contribution >= 0.6 is 0 Å². The van der Waals surface area contributed by atoms with Gasteiger partial charge >= 0.3 is 0 Å². The van der Waals surface area contributed by atoms with Gasteiger partial charge in [0, 0.05) is 31.1 Å². The molecule has 6 nitrogen and oxygen atoms in total. The molecule has 4 aromatic rings. The molecule has 27 heavy (non-hydrogen) atoms. The van der Waals surface area contributed by atoms with Crippen molar-refractivity contribution < 1.29 is 4.79 Å². The van der Waals surface area contributed by atoms with E-state index >= 15 is 0 Å². The first-order valence-electron chi connectivity index (χ1n) is 8.94. The number of aryl methyl sites for hydroxylation is 1. The van der Waals surface area contributed by atoms with Gasteiger partial charge in [-0.15, -0.1) is 0 Å². The van der Waals surface area contributed by atoms with Crippen molar-refractivity contribution in [3.8, 4) is 0 Å². The number of para-hydroxylation sites is 1. The molecule has 134 valence electrons. The van der Waals surface area contributed by atoms with Crippen LogP contribution in [0.3, 0.4) is 0 Å². The van der Waals surface area contributed by atoms with Gasteiger partial charge in [0.1, 0.15) is 5.65 Å². The molecule has 0 fully saturated rings. The van der Waals surface area contributed by atoms with Gasteiger partial charge in [-0.2, -0.15) is 0 Å². The number of nitrogens with one attached hydrogen (secondary N) is 1. The van der Waals surface area contributed by atoms with E-state index in [1.807, 2.05) is 59.1 Å². The highest BCUT2D eigenvalue weighted by atomic mass is 16.1. The molecule has 1 unspecified atom stereocenters. The summed E-state index contributed by atoms with van der Waals surface area (Å²) in [5.41, 5.74) is 3.97. The molecule has 6 heteroatoms. The van der Waals surface area contributed by atoms with Crippen molar-refractivity contribution in [2.75, 3.05) is 0 Å². The number of nitrogens with zero attached hydrogens (tertiary/aromatic N) is 3. The highest BCUT2D eigenvalue weighted by Crippen LogP contribution is 2.32. The van der Waals surface area contributed by atoms with Crippen molar-refractivity contribution in [3.63, 3.8) is 0 Å². The molecule has 1 N–H and O–H groups in total. The zero-order valence-corrected chi connectivity index (χ0v) is 14.8. The Morgan fingerprint density at radius 2 is 1.93 bits per heavy atom. The average Bonchev–Trinajstić information content (AvgIpc) is 2.97. The van der Waals surface area contributed by atoms with Gasteiger partial charge in [-0.05, 0) is 29.7 Å². The Morgan fingerprint density at radius 1 is 1.11 bits per heavy atom. The van der Waals surface area contributed by atoms with Gasteiger partial charge in [0.2, 0.25) is 5.91 Å². The van der Waals surface area contributed by atoms with E-state index in [1.165, 1.54) is 0 Å². The maximum absolute atomic E-state index is 13.2. The van der Waals surface area contributed by atoms with E-state index in [0.717, 1.165) is 27.9 Å². The lowest BCUT2D eigenvalue weighted by Crippen LogP contribution is -2.27. The first kappa shape index (κ1) is 15.8. The van der Waals surface area contributed by atoms with Gasteiger partial charge in [-0.1, -0.05) is 24.3 Å². The molecule has 1 atom stereocenters. The van der Waals surface area contributed by atoms with Crippen LogP contribution < -0.4 is 10.9 Å². The fourth-order valence-electron chi connectivity index (χ4n) is 4.05. The summed E-state index contributed by atoms with van der Waals surface area (Å²) < 4.78 is 3.66. The van der Waals surface area contributed by atoms with Crippen LogP contribution in [0.15, 0.2) is 59.5 Å². The monoisotopic (exact) mass is 358 g/mol. The Bertz CT molecular complexity index is 1270. The number of fused-ring (bicyclic) bond motifs is 4. The van der Waals surface area contributed by atoms with E-state index in [1.54, 1.807) is 11.6 Å². The van der Waals surface area contributed by atoms with Crippen LogP contribution in [0.4, 0.5) is 0 Å². The molecule has 1 amide bonds. The van der Waals surface area contributed by atoms with Crippen LogP contribution in [-0.2, 0) is 18.4 Å². The van der Waals surface area contributed by atoms with E-state index in [2.05, 4.69) is 10.3 Å². The Morgan fingerprint density at radius 3 is 2.81 bits per heavy atom. The van der Waals surface area contributed by atoms with Crippen molar-refractivity contribution in [1.82, 2.24) is 19.3 Å². The predicted molar refractivity (Wildman–Crippen MR) is 103 cm³/mol. The molecular formula is C21H18N4O2. The molecule has 0 spiro atoms. The molecular weight excluding hydrogens is 340 g/mol. The minimum absolute atomic E-state index is 0.0714. The smallest absolute Gasteiger partial charge is 0.254 e. The summed E-state index contributed by atoms with van der Waals surface area (Å²) in [6.45, 7) is 0.375. The van der Waals surface area contributed by atoms with Crippen LogP contribution in [0.2, 0.25) is 0 Å². The van der Waals surface area contributed by atoms with Crippen molar-refractivity contribution in [3.05, 3.63) is 82.0 Å². The van der Waals surface area contributed by atoms with Crippen molar-refractivity contribution >= 4 is 22.5 Å². The van der Waals surface area contributed by atoms with Gasteiger partial charge in [-0.25, -0.2) is 4.98 Å². The lowest BCUT2D eigenvalue weighted by molar-refractivity contribution is -0.121. The molecule has 0 aliphatic carbocycles. The van der Waals surface area contributed by atoms with E-state index < -0.39 is 0 Å². The van der Waals surface area contributed by atoms with Gasteiger partial charge in [0.25, 0.3) is 5.56 Å². The maximum Gasteiger partial charge on any atom is 0.254 e. The third kappa shape index (κ3) is 2.37. The number of carbonyl (C=O) groups excluding carboxylic acids is 1. The van der Waals surface area contributed by atoms with Crippen LogP contribution in [0.25, 0.3) is 16.6 Å². The molecule has 1 aliphatic heterocycles. The van der Waals surface area contributed by atoms with Crippen molar-refractivity contribution in [2.24, 2.45) is 7.05 Å². The van der Waals surface area contributed by atoms with Gasteiger partial charge < -0.3 is 14.3 Å². The molecule has 4 heterocycles. The summed E-state index contributed by atoms with van der Waals surface area (Å²) in [6.07, 6.45) is 2.17. The number of pyridine rings is 2. The van der Waals surface area contributed by atoms with Crippen LogP contribution in [0.1, 0.15) is 29.3 Å². The van der Waals surface area contributed by atoms with E-state index in [0.29, 0.717) is 12.1 Å². The molecule has 0 radical (unpaired) electrons. The molecule has 0 saturated carbocycles. The number of hydrogen-bond donors (Lipinski definition) is 1. The fourth-order valence-corrected chi connectivity index (χ4v) is 4.05. The van der Waals surface area contributed by atoms with Gasteiger partial charge in [0.15, 0.2) is 0 Å². The Hall–Kier alpha value is -3.41. The third-order valence-electron chi connectivity index (χ3n) is 5.35. The molecule has 3 aromatic heterocycles. The number of amides is 1. The first-order chi connectivity index (χ1) is 13.1. The fraction of sp³-hybridized carbons (Fsp3) is 0.190. The third-order valence-corrected chi connectivity index (χ3v) is 5.35. The topological polar surface area (TPSA) is 68.4 Å². The Kier molecular flexibility index (Phi) is 3.40. The Labute approximate surface area is 155 Å². The summed E-state index contributed by atoms with van der Waals surface area (Å²) in [7, 11) is 1.78. The number of imidazole rings is 1. The zero-order chi connectivity index (χ0) is 18.5. The molecule has 5 rings (SSSR count).